The third kappa shape index (κ3) is 1.91. The number of alkyl halides is 3. The summed E-state index contributed by atoms with van der Waals surface area (Å²) in [5, 5.41) is 0. The molecule has 5 heteroatoms. The lowest BCUT2D eigenvalue weighted by Gasteiger charge is -2.11. The van der Waals surface area contributed by atoms with Crippen LogP contribution >= 0.6 is 0 Å². The van der Waals surface area contributed by atoms with Gasteiger partial charge in [-0.1, -0.05) is 0 Å². The highest BCUT2D eigenvalue weighted by atomic mass is 19.4. The topological polar surface area (TPSA) is 26.0 Å². The minimum Gasteiger partial charge on any atom is -0.398 e. The van der Waals surface area contributed by atoms with Gasteiger partial charge in [0, 0.05) is 5.69 Å². The van der Waals surface area contributed by atoms with Crippen LogP contribution in [0.4, 0.5) is 23.2 Å². The fourth-order valence-electron chi connectivity index (χ4n) is 0.995. The number of nitrogens with two attached hydrogens (primary N) is 1. The number of benzene rings is 1. The summed E-state index contributed by atoms with van der Waals surface area (Å²) in [6.45, 7) is 1.21. The van der Waals surface area contributed by atoms with Gasteiger partial charge in [-0.15, -0.1) is 0 Å². The van der Waals surface area contributed by atoms with E-state index < -0.39 is 17.6 Å². The van der Waals surface area contributed by atoms with E-state index in [4.69, 9.17) is 5.73 Å². The molecule has 0 spiro atoms. The molecule has 0 fully saturated rings. The monoisotopic (exact) mass is 193 g/mol. The molecule has 0 saturated heterocycles. The van der Waals surface area contributed by atoms with Gasteiger partial charge in [0.1, 0.15) is 5.82 Å². The second-order valence-electron chi connectivity index (χ2n) is 2.67. The fourth-order valence-corrected chi connectivity index (χ4v) is 0.995. The molecule has 0 atom stereocenters. The summed E-state index contributed by atoms with van der Waals surface area (Å²) in [5.74, 6) is -0.976. The van der Waals surface area contributed by atoms with E-state index in [0.717, 1.165) is 6.07 Å². The van der Waals surface area contributed by atoms with Crippen LogP contribution in [0.3, 0.4) is 0 Å². The Morgan fingerprint density at radius 1 is 1.23 bits per heavy atom. The number of hydrogen-bond acceptors (Lipinski definition) is 1. The Kier molecular flexibility index (Phi) is 2.19. The molecule has 2 N–H and O–H groups in total. The van der Waals surface area contributed by atoms with Gasteiger partial charge in [-0.05, 0) is 24.6 Å². The predicted octanol–water partition coefficient (Wildman–Crippen LogP) is 2.74. The standard InChI is InChI=1S/C8H7F4N/c1-4-6(8(10,11)12)2-5(9)3-7(4)13/h2-3H,13H2,1H3. The SMILES string of the molecule is Cc1c(N)cc(F)cc1C(F)(F)F. The Morgan fingerprint density at radius 2 is 1.77 bits per heavy atom. The smallest absolute Gasteiger partial charge is 0.398 e. The van der Waals surface area contributed by atoms with E-state index in [1.54, 1.807) is 0 Å². The molecule has 0 unspecified atom stereocenters. The Labute approximate surface area is 72.2 Å². The zero-order chi connectivity index (χ0) is 10.2. The molecule has 0 bridgehead atoms. The van der Waals surface area contributed by atoms with E-state index >= 15 is 0 Å². The summed E-state index contributed by atoms with van der Waals surface area (Å²) in [5.41, 5.74) is 3.82. The number of anilines is 1. The van der Waals surface area contributed by atoms with Crippen LogP contribution in [0, 0.1) is 12.7 Å². The molecule has 1 nitrogen and oxygen atoms in total. The quantitative estimate of drug-likeness (QED) is 0.497. The van der Waals surface area contributed by atoms with Crippen LogP contribution in [0.25, 0.3) is 0 Å². The summed E-state index contributed by atoms with van der Waals surface area (Å²) >= 11 is 0. The van der Waals surface area contributed by atoms with Gasteiger partial charge in [-0.25, -0.2) is 4.39 Å². The van der Waals surface area contributed by atoms with Crippen molar-refractivity contribution < 1.29 is 17.6 Å². The Balaban J connectivity index is 3.37. The van der Waals surface area contributed by atoms with Crippen LogP contribution < -0.4 is 5.73 Å². The van der Waals surface area contributed by atoms with Crippen LogP contribution in [0.15, 0.2) is 12.1 Å². The molecule has 0 aromatic heterocycles. The van der Waals surface area contributed by atoms with Crippen LogP contribution in [0.5, 0.6) is 0 Å². The van der Waals surface area contributed by atoms with Gasteiger partial charge in [0.05, 0.1) is 5.56 Å². The van der Waals surface area contributed by atoms with E-state index in [1.807, 2.05) is 0 Å². The molecule has 0 radical (unpaired) electrons. The van der Waals surface area contributed by atoms with E-state index in [0.29, 0.717) is 6.07 Å². The molecular formula is C8H7F4N. The molecular weight excluding hydrogens is 186 g/mol. The van der Waals surface area contributed by atoms with Gasteiger partial charge in [0.2, 0.25) is 0 Å². The highest BCUT2D eigenvalue weighted by molar-refractivity contribution is 5.51. The van der Waals surface area contributed by atoms with Crippen LogP contribution in [0.1, 0.15) is 11.1 Å². The molecule has 0 heterocycles. The second-order valence-corrected chi connectivity index (χ2v) is 2.67. The van der Waals surface area contributed by atoms with Crippen LogP contribution in [0.2, 0.25) is 0 Å². The number of nitrogen functional groups attached to an aromatic ring is 1. The van der Waals surface area contributed by atoms with Crippen molar-refractivity contribution in [2.24, 2.45) is 0 Å². The molecule has 1 rings (SSSR count). The average molecular weight is 193 g/mol. The minimum absolute atomic E-state index is 0.145. The molecule has 1 aromatic rings. The zero-order valence-electron chi connectivity index (χ0n) is 6.74. The molecule has 72 valence electrons. The zero-order valence-corrected chi connectivity index (χ0v) is 6.74. The van der Waals surface area contributed by atoms with Crippen molar-refractivity contribution in [2.45, 2.75) is 13.1 Å². The summed E-state index contributed by atoms with van der Waals surface area (Å²) in [6, 6.07) is 1.30. The van der Waals surface area contributed by atoms with Gasteiger partial charge >= 0.3 is 6.18 Å². The average Bonchev–Trinajstić information content (AvgIpc) is 1.94. The van der Waals surface area contributed by atoms with Crippen LogP contribution in [-0.4, -0.2) is 0 Å². The number of rotatable bonds is 0. The predicted molar refractivity (Wildman–Crippen MR) is 40.6 cm³/mol. The molecule has 0 amide bonds. The Bertz CT molecular complexity index is 330. The maximum Gasteiger partial charge on any atom is 0.416 e. The third-order valence-corrected chi connectivity index (χ3v) is 1.72. The highest BCUT2D eigenvalue weighted by Gasteiger charge is 2.33. The van der Waals surface area contributed by atoms with Gasteiger partial charge < -0.3 is 5.73 Å². The number of hydrogen-bond donors (Lipinski definition) is 1. The molecule has 1 aromatic carbocycles. The third-order valence-electron chi connectivity index (χ3n) is 1.72. The molecule has 0 aliphatic heterocycles. The van der Waals surface area contributed by atoms with Crippen molar-refractivity contribution in [2.75, 3.05) is 5.73 Å². The lowest BCUT2D eigenvalue weighted by atomic mass is 10.1. The first-order valence-electron chi connectivity index (χ1n) is 3.45. The Morgan fingerprint density at radius 3 is 2.23 bits per heavy atom. The lowest BCUT2D eigenvalue weighted by Crippen LogP contribution is -2.09. The van der Waals surface area contributed by atoms with Crippen LogP contribution in [-0.2, 0) is 6.18 Å². The molecule has 0 aliphatic rings. The van der Waals surface area contributed by atoms with Crippen molar-refractivity contribution in [3.63, 3.8) is 0 Å². The van der Waals surface area contributed by atoms with Gasteiger partial charge in [0.15, 0.2) is 0 Å². The highest BCUT2D eigenvalue weighted by Crippen LogP contribution is 2.34. The lowest BCUT2D eigenvalue weighted by molar-refractivity contribution is -0.138. The summed E-state index contributed by atoms with van der Waals surface area (Å²) in [6.07, 6.45) is -4.56. The summed E-state index contributed by atoms with van der Waals surface area (Å²) in [7, 11) is 0. The second kappa shape index (κ2) is 2.90. The first-order chi connectivity index (χ1) is 5.82. The van der Waals surface area contributed by atoms with Gasteiger partial charge in [0.25, 0.3) is 0 Å². The van der Waals surface area contributed by atoms with Crippen molar-refractivity contribution >= 4 is 5.69 Å². The van der Waals surface area contributed by atoms with Gasteiger partial charge in [-0.2, -0.15) is 13.2 Å². The minimum atomic E-state index is -4.56. The number of halogens is 4. The normalized spacial score (nSPS) is 11.8. The molecule has 13 heavy (non-hydrogen) atoms. The van der Waals surface area contributed by atoms with Crippen molar-refractivity contribution in [1.29, 1.82) is 0 Å². The van der Waals surface area contributed by atoms with Crippen molar-refractivity contribution in [1.82, 2.24) is 0 Å². The van der Waals surface area contributed by atoms with E-state index in [-0.39, 0.29) is 11.3 Å². The largest absolute Gasteiger partial charge is 0.416 e. The van der Waals surface area contributed by atoms with E-state index in [9.17, 15) is 17.6 Å². The fraction of sp³-hybridized carbons (Fsp3) is 0.250. The summed E-state index contributed by atoms with van der Waals surface area (Å²) < 4.78 is 49.1. The first-order valence-corrected chi connectivity index (χ1v) is 3.45. The maximum atomic E-state index is 12.6. The molecule has 0 aliphatic carbocycles. The van der Waals surface area contributed by atoms with Crippen molar-refractivity contribution in [3.05, 3.63) is 29.1 Å². The Hall–Kier alpha value is -1.26. The first kappa shape index (κ1) is 9.83. The van der Waals surface area contributed by atoms with E-state index in [2.05, 4.69) is 0 Å². The summed E-state index contributed by atoms with van der Waals surface area (Å²) in [4.78, 5) is 0. The molecule has 0 saturated carbocycles. The van der Waals surface area contributed by atoms with E-state index in [1.165, 1.54) is 6.92 Å². The maximum absolute atomic E-state index is 12.6. The van der Waals surface area contributed by atoms with Crippen molar-refractivity contribution in [3.8, 4) is 0 Å². The van der Waals surface area contributed by atoms with Gasteiger partial charge in [-0.3, -0.25) is 0 Å².